The van der Waals surface area contributed by atoms with Gasteiger partial charge in [0.2, 0.25) is 0 Å². The van der Waals surface area contributed by atoms with E-state index in [4.69, 9.17) is 0 Å². The maximum absolute atomic E-state index is 12.1. The third kappa shape index (κ3) is 3.98. The van der Waals surface area contributed by atoms with Crippen LogP contribution in [0.25, 0.3) is 0 Å². The number of carbonyl (C=O) groups excluding carboxylic acids is 2. The van der Waals surface area contributed by atoms with Gasteiger partial charge >= 0.3 is 11.8 Å². The van der Waals surface area contributed by atoms with Gasteiger partial charge < -0.3 is 15.1 Å². The minimum atomic E-state index is -0.475. The monoisotopic (exact) mass is 255 g/mol. The molecule has 18 heavy (non-hydrogen) atoms. The number of piperidine rings is 1. The van der Waals surface area contributed by atoms with E-state index in [-0.39, 0.29) is 18.0 Å². The molecule has 0 aromatic rings. The molecule has 1 rings (SSSR count). The first kappa shape index (κ1) is 15.0. The standard InChI is InChI=1S/C13H25N3O2/c1-10-6-5-7-11(2)16(10)13(18)12(17)14-8-9-15(3)4/h10-11H,5-9H2,1-4H3,(H,14,17). The molecule has 1 saturated heterocycles. The second-order valence-corrected chi connectivity index (χ2v) is 5.40. The van der Waals surface area contributed by atoms with Crippen LogP contribution < -0.4 is 5.32 Å². The molecule has 1 N–H and O–H groups in total. The summed E-state index contributed by atoms with van der Waals surface area (Å²) in [4.78, 5) is 27.6. The maximum atomic E-state index is 12.1. The minimum absolute atomic E-state index is 0.167. The second-order valence-electron chi connectivity index (χ2n) is 5.40. The highest BCUT2D eigenvalue weighted by Crippen LogP contribution is 2.22. The summed E-state index contributed by atoms with van der Waals surface area (Å²) in [6.45, 7) is 5.28. The van der Waals surface area contributed by atoms with Gasteiger partial charge in [-0.2, -0.15) is 0 Å². The summed E-state index contributed by atoms with van der Waals surface area (Å²) in [5.74, 6) is -0.856. The summed E-state index contributed by atoms with van der Waals surface area (Å²) >= 11 is 0. The highest BCUT2D eigenvalue weighted by atomic mass is 16.2. The fourth-order valence-electron chi connectivity index (χ4n) is 2.41. The Bertz CT molecular complexity index is 295. The number of rotatable bonds is 3. The van der Waals surface area contributed by atoms with Crippen molar-refractivity contribution in [1.82, 2.24) is 15.1 Å². The molecule has 2 atom stereocenters. The molecular formula is C13H25N3O2. The molecule has 0 aromatic heterocycles. The fraction of sp³-hybridized carbons (Fsp3) is 0.846. The zero-order chi connectivity index (χ0) is 13.7. The summed E-state index contributed by atoms with van der Waals surface area (Å²) in [6.07, 6.45) is 3.11. The van der Waals surface area contributed by atoms with Crippen molar-refractivity contribution < 1.29 is 9.59 Å². The van der Waals surface area contributed by atoms with Crippen LogP contribution in [0.2, 0.25) is 0 Å². The maximum Gasteiger partial charge on any atom is 0.312 e. The van der Waals surface area contributed by atoms with Crippen molar-refractivity contribution in [2.45, 2.75) is 45.2 Å². The number of hydrogen-bond donors (Lipinski definition) is 1. The molecule has 2 amide bonds. The Labute approximate surface area is 110 Å². The lowest BCUT2D eigenvalue weighted by atomic mass is 9.97. The van der Waals surface area contributed by atoms with Gasteiger partial charge in [-0.05, 0) is 47.2 Å². The summed E-state index contributed by atoms with van der Waals surface area (Å²) in [5, 5.41) is 2.68. The zero-order valence-electron chi connectivity index (χ0n) is 11.9. The average Bonchev–Trinajstić information content (AvgIpc) is 2.27. The molecule has 2 unspecified atom stereocenters. The number of likely N-dealkylation sites (N-methyl/N-ethyl adjacent to an activating group) is 1. The summed E-state index contributed by atoms with van der Waals surface area (Å²) in [7, 11) is 3.87. The topological polar surface area (TPSA) is 52.7 Å². The molecule has 1 aliphatic rings. The first-order valence-electron chi connectivity index (χ1n) is 6.68. The van der Waals surface area contributed by atoms with Gasteiger partial charge in [-0.1, -0.05) is 0 Å². The molecule has 1 fully saturated rings. The van der Waals surface area contributed by atoms with Crippen LogP contribution in [-0.2, 0) is 9.59 Å². The number of carbonyl (C=O) groups is 2. The van der Waals surface area contributed by atoms with E-state index < -0.39 is 5.91 Å². The molecular weight excluding hydrogens is 230 g/mol. The lowest BCUT2D eigenvalue weighted by Gasteiger charge is -2.38. The Morgan fingerprint density at radius 3 is 2.28 bits per heavy atom. The highest BCUT2D eigenvalue weighted by Gasteiger charge is 2.32. The smallest absolute Gasteiger partial charge is 0.312 e. The van der Waals surface area contributed by atoms with Gasteiger partial charge in [0.15, 0.2) is 0 Å². The molecule has 1 aliphatic heterocycles. The second kappa shape index (κ2) is 6.73. The summed E-state index contributed by atoms with van der Waals surface area (Å²) in [6, 6.07) is 0.335. The van der Waals surface area contributed by atoms with Crippen LogP contribution in [0, 0.1) is 0 Å². The minimum Gasteiger partial charge on any atom is -0.347 e. The molecule has 0 aromatic carbocycles. The third-order valence-electron chi connectivity index (χ3n) is 3.47. The number of nitrogens with one attached hydrogen (secondary N) is 1. The van der Waals surface area contributed by atoms with Crippen molar-refractivity contribution in [3.63, 3.8) is 0 Å². The third-order valence-corrected chi connectivity index (χ3v) is 3.47. The van der Waals surface area contributed by atoms with Crippen molar-refractivity contribution in [1.29, 1.82) is 0 Å². The molecule has 0 radical (unpaired) electrons. The lowest BCUT2D eigenvalue weighted by Crippen LogP contribution is -2.53. The summed E-state index contributed by atoms with van der Waals surface area (Å²) in [5.41, 5.74) is 0. The highest BCUT2D eigenvalue weighted by molar-refractivity contribution is 6.35. The first-order valence-corrected chi connectivity index (χ1v) is 6.68. The van der Waals surface area contributed by atoms with Gasteiger partial charge in [-0.3, -0.25) is 9.59 Å². The van der Waals surface area contributed by atoms with Gasteiger partial charge in [0.1, 0.15) is 0 Å². The van der Waals surface area contributed by atoms with E-state index in [1.807, 2.05) is 32.8 Å². The average molecular weight is 255 g/mol. The first-order chi connectivity index (χ1) is 8.43. The Morgan fingerprint density at radius 1 is 1.22 bits per heavy atom. The SMILES string of the molecule is CC1CCCC(C)N1C(=O)C(=O)NCCN(C)C. The molecule has 0 aliphatic carbocycles. The lowest BCUT2D eigenvalue weighted by molar-refractivity contribution is -0.150. The normalized spacial score (nSPS) is 24.2. The van der Waals surface area contributed by atoms with Crippen molar-refractivity contribution in [2.75, 3.05) is 27.2 Å². The van der Waals surface area contributed by atoms with Crippen molar-refractivity contribution in [3.8, 4) is 0 Å². The van der Waals surface area contributed by atoms with Crippen molar-refractivity contribution in [3.05, 3.63) is 0 Å². The van der Waals surface area contributed by atoms with Gasteiger partial charge in [-0.25, -0.2) is 0 Å². The van der Waals surface area contributed by atoms with E-state index in [1.165, 1.54) is 0 Å². The molecule has 1 heterocycles. The Kier molecular flexibility index (Phi) is 5.59. The van der Waals surface area contributed by atoms with Crippen molar-refractivity contribution in [2.24, 2.45) is 0 Å². The molecule has 5 heteroatoms. The van der Waals surface area contributed by atoms with E-state index in [0.717, 1.165) is 25.8 Å². The van der Waals surface area contributed by atoms with E-state index >= 15 is 0 Å². The fourth-order valence-corrected chi connectivity index (χ4v) is 2.41. The van der Waals surface area contributed by atoms with Gasteiger partial charge in [0, 0.05) is 25.2 Å². The Hall–Kier alpha value is -1.10. The van der Waals surface area contributed by atoms with E-state index in [9.17, 15) is 9.59 Å². The molecule has 0 saturated carbocycles. The van der Waals surface area contributed by atoms with Crippen LogP contribution in [0.5, 0.6) is 0 Å². The summed E-state index contributed by atoms with van der Waals surface area (Å²) < 4.78 is 0. The molecule has 0 spiro atoms. The number of likely N-dealkylation sites (tertiary alicyclic amines) is 1. The van der Waals surface area contributed by atoms with Crippen LogP contribution in [0.3, 0.4) is 0 Å². The molecule has 0 bridgehead atoms. The number of amides is 2. The van der Waals surface area contributed by atoms with Crippen LogP contribution in [0.1, 0.15) is 33.1 Å². The quantitative estimate of drug-likeness (QED) is 0.745. The van der Waals surface area contributed by atoms with E-state index in [0.29, 0.717) is 6.54 Å². The van der Waals surface area contributed by atoms with Crippen LogP contribution in [0.4, 0.5) is 0 Å². The van der Waals surface area contributed by atoms with Gasteiger partial charge in [0.25, 0.3) is 0 Å². The predicted octanol–water partition coefficient (Wildman–Crippen LogP) is 0.454. The van der Waals surface area contributed by atoms with Crippen LogP contribution in [-0.4, -0.2) is 60.9 Å². The number of nitrogens with zero attached hydrogens (tertiary/aromatic N) is 2. The number of hydrogen-bond acceptors (Lipinski definition) is 3. The van der Waals surface area contributed by atoms with Crippen LogP contribution >= 0.6 is 0 Å². The molecule has 5 nitrogen and oxygen atoms in total. The largest absolute Gasteiger partial charge is 0.347 e. The predicted molar refractivity (Wildman–Crippen MR) is 71.2 cm³/mol. The molecule has 104 valence electrons. The van der Waals surface area contributed by atoms with Crippen molar-refractivity contribution >= 4 is 11.8 Å². The van der Waals surface area contributed by atoms with Gasteiger partial charge in [0.05, 0.1) is 0 Å². The Balaban J connectivity index is 2.49. The van der Waals surface area contributed by atoms with E-state index in [1.54, 1.807) is 4.90 Å². The van der Waals surface area contributed by atoms with E-state index in [2.05, 4.69) is 5.32 Å². The zero-order valence-corrected chi connectivity index (χ0v) is 11.9. The Morgan fingerprint density at radius 2 is 1.78 bits per heavy atom. The van der Waals surface area contributed by atoms with Gasteiger partial charge in [-0.15, -0.1) is 0 Å². The van der Waals surface area contributed by atoms with Crippen LogP contribution in [0.15, 0.2) is 0 Å².